The maximum Gasteiger partial charge on any atom is 0.271 e. The Hall–Kier alpha value is -3.96. The molecule has 0 atom stereocenters. The van der Waals surface area contributed by atoms with E-state index in [1.807, 2.05) is 6.07 Å². The molecule has 0 saturated heterocycles. The van der Waals surface area contributed by atoms with Gasteiger partial charge in [0.2, 0.25) is 0 Å². The topological polar surface area (TPSA) is 106 Å². The number of nitro benzene ring substituents is 1. The molecule has 4 aromatic rings. The predicted molar refractivity (Wildman–Crippen MR) is 108 cm³/mol. The molecule has 29 heavy (non-hydrogen) atoms. The fraction of sp³-hybridized carbons (Fsp3) is 0. The van der Waals surface area contributed by atoms with Crippen molar-refractivity contribution >= 4 is 26.6 Å². The summed E-state index contributed by atoms with van der Waals surface area (Å²) in [4.78, 5) is 10.8. The lowest BCUT2D eigenvalue weighted by Gasteiger charge is -2.07. The maximum absolute atomic E-state index is 13.2. The summed E-state index contributed by atoms with van der Waals surface area (Å²) in [5.41, 5.74) is 1.78. The number of hydrogen-bond acceptors (Lipinski definition) is 5. The highest BCUT2D eigenvalue weighted by Crippen LogP contribution is 2.35. The second kappa shape index (κ2) is 6.89. The molecule has 0 aliphatic rings. The number of nitriles is 1. The fourth-order valence-electron chi connectivity index (χ4n) is 3.16. The largest absolute Gasteiger partial charge is 0.271 e. The second-order valence-electron chi connectivity index (χ2n) is 6.30. The Kier molecular flexibility index (Phi) is 4.37. The minimum Gasteiger partial charge on any atom is -0.258 e. The van der Waals surface area contributed by atoms with E-state index >= 15 is 0 Å². The number of nitrogens with zero attached hydrogens (tertiary/aromatic N) is 3. The quantitative estimate of drug-likeness (QED) is 0.372. The van der Waals surface area contributed by atoms with Crippen LogP contribution in [-0.4, -0.2) is 17.3 Å². The van der Waals surface area contributed by atoms with E-state index in [4.69, 9.17) is 5.26 Å². The average Bonchev–Trinajstić information content (AvgIpc) is 3.14. The van der Waals surface area contributed by atoms with E-state index in [9.17, 15) is 18.5 Å². The monoisotopic (exact) mass is 403 g/mol. The molecule has 0 unspecified atom stereocenters. The van der Waals surface area contributed by atoms with Crippen molar-refractivity contribution in [2.45, 2.75) is 4.90 Å². The molecule has 0 N–H and O–H groups in total. The van der Waals surface area contributed by atoms with Gasteiger partial charge in [0.25, 0.3) is 15.7 Å². The third-order valence-corrected chi connectivity index (χ3v) is 6.28. The molecule has 0 fully saturated rings. The van der Waals surface area contributed by atoms with Gasteiger partial charge in [0.05, 0.1) is 27.0 Å². The van der Waals surface area contributed by atoms with Gasteiger partial charge in [-0.15, -0.1) is 0 Å². The molecule has 0 spiro atoms. The summed E-state index contributed by atoms with van der Waals surface area (Å²) in [6, 6.07) is 20.8. The van der Waals surface area contributed by atoms with Gasteiger partial charge in [0, 0.05) is 29.3 Å². The Balaban J connectivity index is 2.02. The third-order valence-electron chi connectivity index (χ3n) is 4.59. The normalized spacial score (nSPS) is 11.3. The Bertz CT molecular complexity index is 1380. The zero-order chi connectivity index (χ0) is 20.6. The van der Waals surface area contributed by atoms with E-state index in [0.717, 1.165) is 3.97 Å². The molecular formula is C21H13N3O4S. The summed E-state index contributed by atoms with van der Waals surface area (Å²) >= 11 is 0. The number of hydrogen-bond donors (Lipinski definition) is 0. The van der Waals surface area contributed by atoms with E-state index in [-0.39, 0.29) is 16.1 Å². The zero-order valence-corrected chi connectivity index (χ0v) is 15.7. The van der Waals surface area contributed by atoms with Crippen molar-refractivity contribution in [3.05, 3.63) is 94.7 Å². The molecule has 4 rings (SSSR count). The van der Waals surface area contributed by atoms with Gasteiger partial charge in [-0.25, -0.2) is 12.4 Å². The van der Waals surface area contributed by atoms with Gasteiger partial charge in [0.15, 0.2) is 0 Å². The minimum atomic E-state index is -3.97. The number of rotatable bonds is 4. The van der Waals surface area contributed by atoms with E-state index in [1.165, 1.54) is 36.5 Å². The van der Waals surface area contributed by atoms with Crippen LogP contribution in [0.2, 0.25) is 0 Å². The first kappa shape index (κ1) is 18.4. The van der Waals surface area contributed by atoms with Crippen molar-refractivity contribution in [2.75, 3.05) is 0 Å². The summed E-state index contributed by atoms with van der Waals surface area (Å²) in [6.07, 6.45) is 1.46. The summed E-state index contributed by atoms with van der Waals surface area (Å²) in [5.74, 6) is 0. The number of fused-ring (bicyclic) bond motifs is 1. The first-order chi connectivity index (χ1) is 13.9. The van der Waals surface area contributed by atoms with Crippen molar-refractivity contribution in [1.29, 1.82) is 5.26 Å². The van der Waals surface area contributed by atoms with Gasteiger partial charge in [-0.2, -0.15) is 5.26 Å². The molecule has 1 heterocycles. The molecule has 0 aliphatic heterocycles. The second-order valence-corrected chi connectivity index (χ2v) is 8.12. The van der Waals surface area contributed by atoms with Crippen molar-refractivity contribution in [3.8, 4) is 17.2 Å². The smallest absolute Gasteiger partial charge is 0.258 e. The van der Waals surface area contributed by atoms with Crippen LogP contribution in [0.3, 0.4) is 0 Å². The highest BCUT2D eigenvalue weighted by Gasteiger charge is 2.23. The summed E-state index contributed by atoms with van der Waals surface area (Å²) in [6.45, 7) is 0. The van der Waals surface area contributed by atoms with E-state index in [2.05, 4.69) is 0 Å². The van der Waals surface area contributed by atoms with Gasteiger partial charge in [-0.05, 0) is 35.9 Å². The highest BCUT2D eigenvalue weighted by atomic mass is 32.2. The van der Waals surface area contributed by atoms with Gasteiger partial charge in [-0.3, -0.25) is 10.1 Å². The Morgan fingerprint density at radius 1 is 0.966 bits per heavy atom. The summed E-state index contributed by atoms with van der Waals surface area (Å²) in [5, 5.41) is 20.8. The number of non-ortho nitro benzene ring substituents is 1. The molecule has 7 nitrogen and oxygen atoms in total. The maximum atomic E-state index is 13.2. The Labute approximate surface area is 166 Å². The lowest BCUT2D eigenvalue weighted by Crippen LogP contribution is -2.11. The fourth-order valence-corrected chi connectivity index (χ4v) is 4.54. The van der Waals surface area contributed by atoms with Crippen LogP contribution in [0.1, 0.15) is 5.56 Å². The van der Waals surface area contributed by atoms with Gasteiger partial charge < -0.3 is 0 Å². The molecular weight excluding hydrogens is 390 g/mol. The predicted octanol–water partition coefficient (Wildman–Crippen LogP) is 4.33. The molecule has 0 radical (unpaired) electrons. The zero-order valence-electron chi connectivity index (χ0n) is 14.9. The molecule has 8 heteroatoms. The standard InChI is InChI=1S/C21H13N3O4S/c22-13-15-6-8-16(9-7-15)20-14-23(29(27,28)18-4-2-1-3-5-18)21-12-17(24(25)26)10-11-19(20)21/h1-12,14H. The summed E-state index contributed by atoms with van der Waals surface area (Å²) < 4.78 is 27.5. The van der Waals surface area contributed by atoms with Crippen LogP contribution in [-0.2, 0) is 10.0 Å². The number of benzene rings is 3. The Morgan fingerprint density at radius 2 is 1.66 bits per heavy atom. The molecule has 0 aliphatic carbocycles. The first-order valence-corrected chi connectivity index (χ1v) is 9.96. The SMILES string of the molecule is N#Cc1ccc(-c2cn(S(=O)(=O)c3ccccc3)c3cc([N+](=O)[O-])ccc23)cc1. The lowest BCUT2D eigenvalue weighted by molar-refractivity contribution is -0.384. The van der Waals surface area contributed by atoms with Gasteiger partial charge in [0.1, 0.15) is 0 Å². The molecule has 142 valence electrons. The van der Waals surface area contributed by atoms with Crippen LogP contribution in [0.25, 0.3) is 22.0 Å². The van der Waals surface area contributed by atoms with Crippen molar-refractivity contribution in [2.24, 2.45) is 0 Å². The van der Waals surface area contributed by atoms with Crippen LogP contribution >= 0.6 is 0 Å². The van der Waals surface area contributed by atoms with Crippen molar-refractivity contribution in [3.63, 3.8) is 0 Å². The average molecular weight is 403 g/mol. The summed E-state index contributed by atoms with van der Waals surface area (Å²) in [7, 11) is -3.97. The molecule has 0 saturated carbocycles. The van der Waals surface area contributed by atoms with Crippen molar-refractivity contribution in [1.82, 2.24) is 3.97 Å². The molecule has 3 aromatic carbocycles. The third kappa shape index (κ3) is 3.13. The van der Waals surface area contributed by atoms with E-state index in [1.54, 1.807) is 42.5 Å². The number of aromatic nitrogens is 1. The van der Waals surface area contributed by atoms with Crippen LogP contribution < -0.4 is 0 Å². The van der Waals surface area contributed by atoms with Crippen LogP contribution in [0.4, 0.5) is 5.69 Å². The van der Waals surface area contributed by atoms with Gasteiger partial charge in [-0.1, -0.05) is 30.3 Å². The highest BCUT2D eigenvalue weighted by molar-refractivity contribution is 7.90. The minimum absolute atomic E-state index is 0.0785. The van der Waals surface area contributed by atoms with E-state index < -0.39 is 14.9 Å². The molecule has 1 aromatic heterocycles. The Morgan fingerprint density at radius 3 is 2.28 bits per heavy atom. The number of nitro groups is 1. The first-order valence-electron chi connectivity index (χ1n) is 8.52. The molecule has 0 bridgehead atoms. The van der Waals surface area contributed by atoms with Gasteiger partial charge >= 0.3 is 0 Å². The molecule has 0 amide bonds. The van der Waals surface area contributed by atoms with Crippen molar-refractivity contribution < 1.29 is 13.3 Å². The van der Waals surface area contributed by atoms with Crippen LogP contribution in [0.15, 0.2) is 83.9 Å². The van der Waals surface area contributed by atoms with E-state index in [0.29, 0.717) is 22.1 Å². The lowest BCUT2D eigenvalue weighted by atomic mass is 10.0. The van der Waals surface area contributed by atoms with Crippen LogP contribution in [0.5, 0.6) is 0 Å². The van der Waals surface area contributed by atoms with Crippen LogP contribution in [0, 0.1) is 21.4 Å².